The molecule has 0 aliphatic carbocycles. The lowest BCUT2D eigenvalue weighted by Gasteiger charge is -2.28. The van der Waals surface area contributed by atoms with Gasteiger partial charge in [0.15, 0.2) is 15.0 Å². The molecule has 0 N–H and O–H groups in total. The van der Waals surface area contributed by atoms with Gasteiger partial charge in [-0.15, -0.1) is 0 Å². The number of nitrogens with zero attached hydrogens (tertiary/aromatic N) is 2. The zero-order chi connectivity index (χ0) is 19.2. The standard InChI is InChI=1S/C20H21FN2O2S2/c1-13-7-8-18(14(2)9-13)23-19-12-27(24,25)11-17(19)22-20(23)26-10-15-5-3-4-6-16(15)21/h3-9,17,19H,10-12H2,1-2H3/t17-,19+/m1/s1. The van der Waals surface area contributed by atoms with Gasteiger partial charge in [-0.3, -0.25) is 4.99 Å². The van der Waals surface area contributed by atoms with E-state index in [-0.39, 0.29) is 29.4 Å². The summed E-state index contributed by atoms with van der Waals surface area (Å²) < 4.78 is 38.3. The first-order chi connectivity index (χ1) is 12.8. The van der Waals surface area contributed by atoms with Crippen LogP contribution in [0.1, 0.15) is 16.7 Å². The molecule has 0 saturated carbocycles. The van der Waals surface area contributed by atoms with Crippen molar-refractivity contribution in [1.29, 1.82) is 0 Å². The van der Waals surface area contributed by atoms with Gasteiger partial charge in [0, 0.05) is 11.4 Å². The van der Waals surface area contributed by atoms with E-state index < -0.39 is 9.84 Å². The van der Waals surface area contributed by atoms with Crippen molar-refractivity contribution < 1.29 is 12.8 Å². The van der Waals surface area contributed by atoms with E-state index in [0.29, 0.717) is 11.3 Å². The van der Waals surface area contributed by atoms with Crippen molar-refractivity contribution in [3.05, 3.63) is 65.0 Å². The summed E-state index contributed by atoms with van der Waals surface area (Å²) in [6.07, 6.45) is 0. The minimum Gasteiger partial charge on any atom is -0.315 e. The van der Waals surface area contributed by atoms with Crippen LogP contribution in [0.5, 0.6) is 0 Å². The molecule has 4 nitrogen and oxygen atoms in total. The Morgan fingerprint density at radius 3 is 2.70 bits per heavy atom. The molecule has 0 aromatic heterocycles. The molecule has 0 radical (unpaired) electrons. The molecule has 2 aromatic rings. The molecule has 27 heavy (non-hydrogen) atoms. The Bertz CT molecular complexity index is 1020. The van der Waals surface area contributed by atoms with Crippen molar-refractivity contribution in [3.63, 3.8) is 0 Å². The van der Waals surface area contributed by atoms with E-state index >= 15 is 0 Å². The number of halogens is 1. The third-order valence-electron chi connectivity index (χ3n) is 5.03. The molecule has 1 saturated heterocycles. The summed E-state index contributed by atoms with van der Waals surface area (Å²) >= 11 is 1.47. The van der Waals surface area contributed by atoms with Crippen molar-refractivity contribution in [2.24, 2.45) is 4.99 Å². The molecule has 0 unspecified atom stereocenters. The van der Waals surface area contributed by atoms with Gasteiger partial charge in [0.2, 0.25) is 0 Å². The van der Waals surface area contributed by atoms with Gasteiger partial charge in [0.1, 0.15) is 5.82 Å². The van der Waals surface area contributed by atoms with Crippen LogP contribution in [0.4, 0.5) is 10.1 Å². The average Bonchev–Trinajstić information content (AvgIpc) is 3.06. The molecule has 2 aliphatic heterocycles. The molecule has 2 aliphatic rings. The van der Waals surface area contributed by atoms with Crippen molar-refractivity contribution >= 4 is 32.5 Å². The maximum Gasteiger partial charge on any atom is 0.164 e. The second-order valence-electron chi connectivity index (χ2n) is 7.16. The first-order valence-corrected chi connectivity index (χ1v) is 11.7. The average molecular weight is 405 g/mol. The van der Waals surface area contributed by atoms with Crippen LogP contribution < -0.4 is 4.90 Å². The highest BCUT2D eigenvalue weighted by Crippen LogP contribution is 2.37. The fourth-order valence-corrected chi connectivity index (χ4v) is 6.69. The second-order valence-corrected chi connectivity index (χ2v) is 10.3. The van der Waals surface area contributed by atoms with Crippen LogP contribution in [0.2, 0.25) is 0 Å². The third-order valence-corrected chi connectivity index (χ3v) is 7.75. The van der Waals surface area contributed by atoms with Crippen LogP contribution in [0.25, 0.3) is 0 Å². The third kappa shape index (κ3) is 3.62. The zero-order valence-corrected chi connectivity index (χ0v) is 16.9. The number of thioether (sulfide) groups is 1. The molecule has 2 aromatic carbocycles. The summed E-state index contributed by atoms with van der Waals surface area (Å²) in [5, 5.41) is 0.773. The van der Waals surface area contributed by atoms with E-state index in [0.717, 1.165) is 22.0 Å². The Morgan fingerprint density at radius 2 is 1.96 bits per heavy atom. The molecule has 142 valence electrons. The monoisotopic (exact) mass is 404 g/mol. The number of aliphatic imine (C=N–C) groups is 1. The van der Waals surface area contributed by atoms with Crippen LogP contribution in [-0.2, 0) is 15.6 Å². The lowest BCUT2D eigenvalue weighted by Crippen LogP contribution is -2.39. The second kappa shape index (κ2) is 6.95. The Hall–Kier alpha value is -1.86. The topological polar surface area (TPSA) is 49.7 Å². The summed E-state index contributed by atoms with van der Waals surface area (Å²) in [4.78, 5) is 6.77. The van der Waals surface area contributed by atoms with Crippen LogP contribution in [0, 0.1) is 19.7 Å². The molecule has 7 heteroatoms. The fourth-order valence-electron chi connectivity index (χ4n) is 3.75. The Kier molecular flexibility index (Phi) is 4.76. The SMILES string of the molecule is Cc1ccc(N2C(SCc3ccccc3F)=N[C@@H]3CS(=O)(=O)C[C@@H]32)c(C)c1. The predicted octanol–water partition coefficient (Wildman–Crippen LogP) is 3.72. The molecule has 4 rings (SSSR count). The van der Waals surface area contributed by atoms with E-state index in [1.54, 1.807) is 12.1 Å². The van der Waals surface area contributed by atoms with Gasteiger partial charge in [-0.25, -0.2) is 12.8 Å². The molecule has 0 bridgehead atoms. The number of rotatable bonds is 3. The fraction of sp³-hybridized carbons (Fsp3) is 0.350. The van der Waals surface area contributed by atoms with E-state index in [9.17, 15) is 12.8 Å². The van der Waals surface area contributed by atoms with E-state index in [1.807, 2.05) is 32.0 Å². The number of benzene rings is 2. The quantitative estimate of drug-likeness (QED) is 0.782. The van der Waals surface area contributed by atoms with Gasteiger partial charge in [-0.1, -0.05) is 47.7 Å². The summed E-state index contributed by atoms with van der Waals surface area (Å²) in [6.45, 7) is 4.06. The molecule has 2 atom stereocenters. The molecule has 0 amide bonds. The minimum absolute atomic E-state index is 0.0861. The predicted molar refractivity (Wildman–Crippen MR) is 110 cm³/mol. The zero-order valence-electron chi connectivity index (χ0n) is 15.2. The Morgan fingerprint density at radius 1 is 1.19 bits per heavy atom. The molecule has 2 heterocycles. The van der Waals surface area contributed by atoms with Gasteiger partial charge < -0.3 is 4.90 Å². The van der Waals surface area contributed by atoms with Gasteiger partial charge in [-0.2, -0.15) is 0 Å². The molecular weight excluding hydrogens is 383 g/mol. The smallest absolute Gasteiger partial charge is 0.164 e. The van der Waals surface area contributed by atoms with Gasteiger partial charge >= 0.3 is 0 Å². The molecule has 0 spiro atoms. The van der Waals surface area contributed by atoms with Crippen molar-refractivity contribution in [2.75, 3.05) is 16.4 Å². The number of sulfone groups is 1. The normalized spacial score (nSPS) is 23.4. The first kappa shape index (κ1) is 18.5. The van der Waals surface area contributed by atoms with E-state index in [1.165, 1.54) is 17.8 Å². The first-order valence-electron chi connectivity index (χ1n) is 8.85. The highest BCUT2D eigenvalue weighted by atomic mass is 32.2. The molecule has 1 fully saturated rings. The maximum absolute atomic E-state index is 14.0. The Labute approximate surface area is 163 Å². The number of amidine groups is 1. The van der Waals surface area contributed by atoms with Crippen molar-refractivity contribution in [3.8, 4) is 0 Å². The van der Waals surface area contributed by atoms with Gasteiger partial charge in [-0.05, 0) is 37.1 Å². The number of aryl methyl sites for hydroxylation is 2. The minimum atomic E-state index is -3.08. The molecular formula is C20H21FN2O2S2. The number of hydrogen-bond acceptors (Lipinski definition) is 5. The van der Waals surface area contributed by atoms with E-state index in [2.05, 4.69) is 11.0 Å². The summed E-state index contributed by atoms with van der Waals surface area (Å²) in [5.41, 5.74) is 3.84. The number of anilines is 1. The van der Waals surface area contributed by atoms with Crippen LogP contribution in [0.3, 0.4) is 0 Å². The van der Waals surface area contributed by atoms with Crippen LogP contribution >= 0.6 is 11.8 Å². The van der Waals surface area contributed by atoms with Gasteiger partial charge in [0.05, 0.1) is 23.6 Å². The van der Waals surface area contributed by atoms with Crippen molar-refractivity contribution in [1.82, 2.24) is 0 Å². The summed E-state index contributed by atoms with van der Waals surface area (Å²) in [6, 6.07) is 12.4. The summed E-state index contributed by atoms with van der Waals surface area (Å²) in [5.74, 6) is 0.421. The largest absolute Gasteiger partial charge is 0.315 e. The Balaban J connectivity index is 1.66. The highest BCUT2D eigenvalue weighted by Gasteiger charge is 2.47. The summed E-state index contributed by atoms with van der Waals surface area (Å²) in [7, 11) is -3.08. The lowest BCUT2D eigenvalue weighted by molar-refractivity contribution is 0.601. The number of fused-ring (bicyclic) bond motifs is 1. The lowest BCUT2D eigenvalue weighted by atomic mass is 10.1. The maximum atomic E-state index is 14.0. The van der Waals surface area contributed by atoms with Gasteiger partial charge in [0.25, 0.3) is 0 Å². The van der Waals surface area contributed by atoms with Crippen LogP contribution in [-0.4, -0.2) is 37.2 Å². The highest BCUT2D eigenvalue weighted by molar-refractivity contribution is 8.13. The van der Waals surface area contributed by atoms with Crippen LogP contribution in [0.15, 0.2) is 47.5 Å². The van der Waals surface area contributed by atoms with E-state index in [4.69, 9.17) is 4.99 Å². The van der Waals surface area contributed by atoms with Crippen molar-refractivity contribution in [2.45, 2.75) is 31.7 Å². The number of hydrogen-bond donors (Lipinski definition) is 0.